The molecule has 2 heterocycles. The fraction of sp³-hybridized carbons (Fsp3) is 0.200. The van der Waals surface area contributed by atoms with Crippen LogP contribution in [0.5, 0.6) is 0 Å². The summed E-state index contributed by atoms with van der Waals surface area (Å²) in [4.78, 5) is 50.3. The zero-order chi connectivity index (χ0) is 19.8. The number of nitrogen functional groups attached to an aromatic ring is 1. The summed E-state index contributed by atoms with van der Waals surface area (Å²) in [6.45, 7) is 0.193. The number of anilines is 2. The second-order valence-electron chi connectivity index (χ2n) is 6.81. The smallest absolute Gasteiger partial charge is 0.255 e. The van der Waals surface area contributed by atoms with Crippen molar-refractivity contribution in [1.29, 1.82) is 0 Å². The molecule has 1 unspecified atom stereocenters. The molecule has 142 valence electrons. The van der Waals surface area contributed by atoms with Crippen LogP contribution in [0.25, 0.3) is 0 Å². The average Bonchev–Trinajstić information content (AvgIpc) is 3.00. The highest BCUT2D eigenvalue weighted by molar-refractivity contribution is 6.08. The SMILES string of the molecule is Nc1ccc(C(=O)Nc2cccc3c2CN(C2CCC(=O)NC2=O)C3=O)cc1. The summed E-state index contributed by atoms with van der Waals surface area (Å²) in [5, 5.41) is 5.10. The van der Waals surface area contributed by atoms with Gasteiger partial charge in [0, 0.05) is 41.0 Å². The number of carbonyl (C=O) groups excluding carboxylic acids is 4. The molecule has 2 aliphatic heterocycles. The minimum absolute atomic E-state index is 0.192. The van der Waals surface area contributed by atoms with Gasteiger partial charge in [0.05, 0.1) is 0 Å². The third kappa shape index (κ3) is 3.09. The van der Waals surface area contributed by atoms with E-state index in [0.29, 0.717) is 28.1 Å². The van der Waals surface area contributed by atoms with Crippen LogP contribution in [0.3, 0.4) is 0 Å². The van der Waals surface area contributed by atoms with Crippen molar-refractivity contribution in [2.24, 2.45) is 0 Å². The lowest BCUT2D eigenvalue weighted by Crippen LogP contribution is -2.52. The van der Waals surface area contributed by atoms with Gasteiger partial charge in [-0.25, -0.2) is 0 Å². The molecular weight excluding hydrogens is 360 g/mol. The predicted octanol–water partition coefficient (Wildman–Crippen LogP) is 1.28. The Morgan fingerprint density at radius 3 is 2.57 bits per heavy atom. The lowest BCUT2D eigenvalue weighted by atomic mass is 10.0. The number of rotatable bonds is 3. The Hall–Kier alpha value is -3.68. The molecule has 1 fully saturated rings. The van der Waals surface area contributed by atoms with Crippen molar-refractivity contribution in [3.8, 4) is 0 Å². The van der Waals surface area contributed by atoms with Crippen LogP contribution in [-0.4, -0.2) is 34.6 Å². The lowest BCUT2D eigenvalue weighted by Gasteiger charge is -2.29. The number of imide groups is 1. The Morgan fingerprint density at radius 1 is 1.11 bits per heavy atom. The Bertz CT molecular complexity index is 1000. The first-order valence-corrected chi connectivity index (χ1v) is 8.87. The lowest BCUT2D eigenvalue weighted by molar-refractivity contribution is -0.136. The summed E-state index contributed by atoms with van der Waals surface area (Å²) in [5.41, 5.74) is 8.26. The molecule has 0 bridgehead atoms. The Balaban J connectivity index is 1.57. The van der Waals surface area contributed by atoms with Gasteiger partial charge >= 0.3 is 0 Å². The fourth-order valence-corrected chi connectivity index (χ4v) is 3.53. The molecule has 4 rings (SSSR count). The Kier molecular flexibility index (Phi) is 4.31. The minimum atomic E-state index is -0.696. The molecular formula is C20H18N4O4. The van der Waals surface area contributed by atoms with Gasteiger partial charge < -0.3 is 16.0 Å². The van der Waals surface area contributed by atoms with Gasteiger partial charge in [0.1, 0.15) is 6.04 Å². The van der Waals surface area contributed by atoms with Crippen molar-refractivity contribution in [2.45, 2.75) is 25.4 Å². The number of carbonyl (C=O) groups is 4. The number of nitrogens with one attached hydrogen (secondary N) is 2. The molecule has 0 radical (unpaired) electrons. The molecule has 0 aromatic heterocycles. The van der Waals surface area contributed by atoms with Gasteiger partial charge in [0.2, 0.25) is 11.8 Å². The Labute approximate surface area is 160 Å². The first-order chi connectivity index (χ1) is 13.4. The molecule has 4 N–H and O–H groups in total. The minimum Gasteiger partial charge on any atom is -0.399 e. The van der Waals surface area contributed by atoms with E-state index in [2.05, 4.69) is 10.6 Å². The zero-order valence-corrected chi connectivity index (χ0v) is 14.9. The van der Waals surface area contributed by atoms with E-state index in [1.165, 1.54) is 4.90 Å². The highest BCUT2D eigenvalue weighted by atomic mass is 16.2. The first-order valence-electron chi connectivity index (χ1n) is 8.87. The van der Waals surface area contributed by atoms with Crippen LogP contribution in [0.1, 0.15) is 39.1 Å². The summed E-state index contributed by atoms with van der Waals surface area (Å²) in [6, 6.07) is 10.9. The van der Waals surface area contributed by atoms with Gasteiger partial charge in [-0.3, -0.25) is 24.5 Å². The molecule has 0 saturated carbocycles. The quantitative estimate of drug-likeness (QED) is 0.549. The fourth-order valence-electron chi connectivity index (χ4n) is 3.53. The molecule has 2 aromatic carbocycles. The van der Waals surface area contributed by atoms with E-state index < -0.39 is 11.9 Å². The summed E-state index contributed by atoms with van der Waals surface area (Å²) in [6.07, 6.45) is 0.481. The van der Waals surface area contributed by atoms with Crippen LogP contribution in [0, 0.1) is 0 Å². The van der Waals surface area contributed by atoms with E-state index in [1.807, 2.05) is 0 Å². The molecule has 2 aromatic rings. The van der Waals surface area contributed by atoms with Gasteiger partial charge in [-0.2, -0.15) is 0 Å². The molecule has 8 nitrogen and oxygen atoms in total. The van der Waals surface area contributed by atoms with Gasteiger partial charge in [0.25, 0.3) is 11.8 Å². The maximum atomic E-state index is 12.8. The van der Waals surface area contributed by atoms with Crippen molar-refractivity contribution in [3.05, 3.63) is 59.2 Å². The van der Waals surface area contributed by atoms with E-state index in [1.54, 1.807) is 42.5 Å². The number of fused-ring (bicyclic) bond motifs is 1. The molecule has 1 saturated heterocycles. The summed E-state index contributed by atoms with van der Waals surface area (Å²) in [5.74, 6) is -1.40. The van der Waals surface area contributed by atoms with Crippen molar-refractivity contribution < 1.29 is 19.2 Å². The van der Waals surface area contributed by atoms with Crippen LogP contribution < -0.4 is 16.4 Å². The monoisotopic (exact) mass is 378 g/mol. The van der Waals surface area contributed by atoms with Crippen LogP contribution in [-0.2, 0) is 16.1 Å². The second-order valence-corrected chi connectivity index (χ2v) is 6.81. The maximum absolute atomic E-state index is 12.8. The van der Waals surface area contributed by atoms with Crippen LogP contribution >= 0.6 is 0 Å². The van der Waals surface area contributed by atoms with Gasteiger partial charge in [0.15, 0.2) is 0 Å². The highest BCUT2D eigenvalue weighted by Gasteiger charge is 2.39. The second kappa shape index (κ2) is 6.80. The molecule has 2 aliphatic rings. The number of amides is 4. The molecule has 0 aliphatic carbocycles. The highest BCUT2D eigenvalue weighted by Crippen LogP contribution is 2.32. The van der Waals surface area contributed by atoms with Crippen molar-refractivity contribution in [1.82, 2.24) is 10.2 Å². The number of nitrogens with two attached hydrogens (primary N) is 1. The number of nitrogens with zero attached hydrogens (tertiary/aromatic N) is 1. The van der Waals surface area contributed by atoms with E-state index in [4.69, 9.17) is 5.73 Å². The Morgan fingerprint density at radius 2 is 1.86 bits per heavy atom. The van der Waals surface area contributed by atoms with E-state index in [9.17, 15) is 19.2 Å². The molecule has 0 spiro atoms. The number of benzene rings is 2. The van der Waals surface area contributed by atoms with Crippen LogP contribution in [0.4, 0.5) is 11.4 Å². The third-order valence-corrected chi connectivity index (χ3v) is 5.00. The number of hydrogen-bond acceptors (Lipinski definition) is 5. The van der Waals surface area contributed by atoms with Gasteiger partial charge in [-0.1, -0.05) is 6.07 Å². The standard InChI is InChI=1S/C20H18N4O4/c21-12-6-4-11(5-7-12)18(26)22-15-3-1-2-13-14(15)10-24(20(13)28)16-8-9-17(25)23-19(16)27/h1-7,16H,8-10,21H2,(H,22,26)(H,23,25,27). The maximum Gasteiger partial charge on any atom is 0.255 e. The van der Waals surface area contributed by atoms with Gasteiger partial charge in [-0.05, 0) is 42.8 Å². The average molecular weight is 378 g/mol. The summed E-state index contributed by atoms with van der Waals surface area (Å²) in [7, 11) is 0. The molecule has 8 heteroatoms. The molecule has 1 atom stereocenters. The number of piperidine rings is 1. The van der Waals surface area contributed by atoms with Crippen molar-refractivity contribution >= 4 is 35.0 Å². The van der Waals surface area contributed by atoms with Crippen LogP contribution in [0.2, 0.25) is 0 Å². The van der Waals surface area contributed by atoms with Gasteiger partial charge in [-0.15, -0.1) is 0 Å². The third-order valence-electron chi connectivity index (χ3n) is 5.00. The topological polar surface area (TPSA) is 122 Å². The molecule has 4 amide bonds. The zero-order valence-electron chi connectivity index (χ0n) is 14.9. The van der Waals surface area contributed by atoms with Crippen molar-refractivity contribution in [2.75, 3.05) is 11.1 Å². The normalized spacial score (nSPS) is 18.6. The van der Waals surface area contributed by atoms with E-state index in [-0.39, 0.29) is 37.1 Å². The van der Waals surface area contributed by atoms with E-state index in [0.717, 1.165) is 0 Å². The van der Waals surface area contributed by atoms with Crippen molar-refractivity contribution in [3.63, 3.8) is 0 Å². The molecule has 28 heavy (non-hydrogen) atoms. The van der Waals surface area contributed by atoms with Crippen LogP contribution in [0.15, 0.2) is 42.5 Å². The summed E-state index contributed by atoms with van der Waals surface area (Å²) >= 11 is 0. The number of hydrogen-bond donors (Lipinski definition) is 3. The first kappa shape index (κ1) is 17.7. The van der Waals surface area contributed by atoms with E-state index >= 15 is 0 Å². The largest absolute Gasteiger partial charge is 0.399 e. The predicted molar refractivity (Wildman–Crippen MR) is 101 cm³/mol. The summed E-state index contributed by atoms with van der Waals surface area (Å²) < 4.78 is 0.